The highest BCUT2D eigenvalue weighted by molar-refractivity contribution is 7.80. The summed E-state index contributed by atoms with van der Waals surface area (Å²) in [5, 5.41) is 4.04. The fourth-order valence-corrected chi connectivity index (χ4v) is 1.32. The van der Waals surface area contributed by atoms with Crippen molar-refractivity contribution < 1.29 is 4.74 Å². The lowest BCUT2D eigenvalue weighted by atomic mass is 10.1. The fraction of sp³-hybridized carbons (Fsp3) is 0.385. The Balaban J connectivity index is 2.51. The van der Waals surface area contributed by atoms with Crippen LogP contribution in [-0.2, 0) is 0 Å². The van der Waals surface area contributed by atoms with Gasteiger partial charge in [0.05, 0.1) is 12.8 Å². The Morgan fingerprint density at radius 3 is 3.00 bits per heavy atom. The van der Waals surface area contributed by atoms with Gasteiger partial charge in [0.2, 0.25) is 0 Å². The highest BCUT2D eigenvalue weighted by atomic mass is 32.1. The Kier molecular flexibility index (Phi) is 6.14. The number of rotatable bonds is 6. The van der Waals surface area contributed by atoms with Crippen molar-refractivity contribution in [2.45, 2.75) is 20.3 Å². The molecule has 0 atom stereocenters. The predicted molar refractivity (Wildman–Crippen MR) is 78.9 cm³/mol. The second kappa shape index (κ2) is 7.66. The average Bonchev–Trinajstić information content (AvgIpc) is 2.28. The molecular weight excluding hydrogens is 246 g/mol. The molecule has 1 aromatic rings. The quantitative estimate of drug-likeness (QED) is 0.470. The summed E-state index contributed by atoms with van der Waals surface area (Å²) in [6, 6.07) is 7.70. The molecule has 0 heterocycles. The molecule has 4 nitrogen and oxygen atoms in total. The van der Waals surface area contributed by atoms with Crippen molar-refractivity contribution in [3.63, 3.8) is 0 Å². The Morgan fingerprint density at radius 2 is 2.33 bits per heavy atom. The Hall–Kier alpha value is -1.62. The molecule has 0 aliphatic heterocycles. The molecule has 3 N–H and O–H groups in total. The SMILES string of the molecule is CC(C)CCOc1cccc(C=NNC(N)=S)c1. The van der Waals surface area contributed by atoms with Crippen LogP contribution < -0.4 is 15.9 Å². The van der Waals surface area contributed by atoms with Gasteiger partial charge in [0.25, 0.3) is 0 Å². The van der Waals surface area contributed by atoms with Crippen LogP contribution in [0.4, 0.5) is 0 Å². The third-order valence-electron chi connectivity index (χ3n) is 2.21. The Bertz CT molecular complexity index is 418. The highest BCUT2D eigenvalue weighted by Gasteiger charge is 1.97. The van der Waals surface area contributed by atoms with Gasteiger partial charge in [0.15, 0.2) is 5.11 Å². The third-order valence-corrected chi connectivity index (χ3v) is 2.30. The van der Waals surface area contributed by atoms with Crippen molar-refractivity contribution >= 4 is 23.5 Å². The van der Waals surface area contributed by atoms with Gasteiger partial charge in [-0.05, 0) is 42.3 Å². The normalized spacial score (nSPS) is 10.8. The lowest BCUT2D eigenvalue weighted by Crippen LogP contribution is -2.23. The Morgan fingerprint density at radius 1 is 1.56 bits per heavy atom. The van der Waals surface area contributed by atoms with Gasteiger partial charge in [0.1, 0.15) is 5.75 Å². The van der Waals surface area contributed by atoms with Gasteiger partial charge in [-0.1, -0.05) is 26.0 Å². The van der Waals surface area contributed by atoms with Crippen molar-refractivity contribution in [3.05, 3.63) is 29.8 Å². The molecule has 0 aliphatic carbocycles. The number of ether oxygens (including phenoxy) is 1. The van der Waals surface area contributed by atoms with Crippen LogP contribution in [0.3, 0.4) is 0 Å². The number of benzene rings is 1. The van der Waals surface area contributed by atoms with Crippen LogP contribution in [0, 0.1) is 5.92 Å². The summed E-state index contributed by atoms with van der Waals surface area (Å²) >= 11 is 4.65. The van der Waals surface area contributed by atoms with Crippen LogP contribution in [0.1, 0.15) is 25.8 Å². The first-order valence-electron chi connectivity index (χ1n) is 5.89. The van der Waals surface area contributed by atoms with E-state index < -0.39 is 0 Å². The number of nitrogens with two attached hydrogens (primary N) is 1. The van der Waals surface area contributed by atoms with Gasteiger partial charge in [-0.2, -0.15) is 5.10 Å². The predicted octanol–water partition coefficient (Wildman–Crippen LogP) is 2.28. The zero-order chi connectivity index (χ0) is 13.4. The molecule has 0 spiro atoms. The summed E-state index contributed by atoms with van der Waals surface area (Å²) in [7, 11) is 0. The number of nitrogens with one attached hydrogen (secondary N) is 1. The van der Waals surface area contributed by atoms with Crippen LogP contribution in [0.2, 0.25) is 0 Å². The molecule has 0 fully saturated rings. The van der Waals surface area contributed by atoms with Crippen molar-refractivity contribution in [2.75, 3.05) is 6.61 Å². The summed E-state index contributed by atoms with van der Waals surface area (Å²) in [4.78, 5) is 0. The third kappa shape index (κ3) is 6.20. The largest absolute Gasteiger partial charge is 0.494 e. The molecule has 0 radical (unpaired) electrons. The lowest BCUT2D eigenvalue weighted by molar-refractivity contribution is 0.289. The first-order valence-corrected chi connectivity index (χ1v) is 6.30. The van der Waals surface area contributed by atoms with E-state index in [9.17, 15) is 0 Å². The van der Waals surface area contributed by atoms with Crippen molar-refractivity contribution in [3.8, 4) is 5.75 Å². The van der Waals surface area contributed by atoms with Crippen molar-refractivity contribution in [2.24, 2.45) is 16.8 Å². The first-order chi connectivity index (χ1) is 8.58. The standard InChI is InChI=1S/C13H19N3OS/c1-10(2)6-7-17-12-5-3-4-11(8-12)9-15-16-13(14)18/h3-5,8-10H,6-7H2,1-2H3,(H3,14,16,18). The number of hydrogen-bond donors (Lipinski definition) is 2. The van der Waals surface area contributed by atoms with E-state index >= 15 is 0 Å². The molecule has 18 heavy (non-hydrogen) atoms. The number of hydrazone groups is 1. The second-order valence-corrected chi connectivity index (χ2v) is 4.78. The molecule has 0 aliphatic rings. The van der Waals surface area contributed by atoms with E-state index in [0.717, 1.165) is 24.3 Å². The molecule has 98 valence electrons. The maximum absolute atomic E-state index is 5.65. The molecule has 1 rings (SSSR count). The molecule has 5 heteroatoms. The summed E-state index contributed by atoms with van der Waals surface area (Å²) in [6.07, 6.45) is 2.69. The molecule has 0 saturated carbocycles. The van der Waals surface area contributed by atoms with E-state index in [0.29, 0.717) is 5.92 Å². The molecule has 0 amide bonds. The minimum absolute atomic E-state index is 0.149. The molecule has 0 aromatic heterocycles. The van der Waals surface area contributed by atoms with Gasteiger partial charge in [-0.15, -0.1) is 0 Å². The fourth-order valence-electron chi connectivity index (χ4n) is 1.27. The van der Waals surface area contributed by atoms with E-state index in [4.69, 9.17) is 10.5 Å². The monoisotopic (exact) mass is 265 g/mol. The number of thiocarbonyl (C=S) groups is 1. The zero-order valence-corrected chi connectivity index (χ0v) is 11.5. The molecule has 0 saturated heterocycles. The van der Waals surface area contributed by atoms with Gasteiger partial charge < -0.3 is 10.5 Å². The topological polar surface area (TPSA) is 59.6 Å². The minimum atomic E-state index is 0.149. The lowest BCUT2D eigenvalue weighted by Gasteiger charge is -2.08. The van der Waals surface area contributed by atoms with E-state index in [1.54, 1.807) is 6.21 Å². The average molecular weight is 265 g/mol. The summed E-state index contributed by atoms with van der Waals surface area (Å²) in [6.45, 7) is 5.07. The first kappa shape index (κ1) is 14.4. The van der Waals surface area contributed by atoms with E-state index in [2.05, 4.69) is 36.6 Å². The van der Waals surface area contributed by atoms with Crippen LogP contribution in [-0.4, -0.2) is 17.9 Å². The summed E-state index contributed by atoms with van der Waals surface area (Å²) in [5.41, 5.74) is 8.70. The van der Waals surface area contributed by atoms with E-state index in [-0.39, 0.29) is 5.11 Å². The minimum Gasteiger partial charge on any atom is -0.494 e. The van der Waals surface area contributed by atoms with Crippen molar-refractivity contribution in [1.82, 2.24) is 5.43 Å². The molecule has 1 aromatic carbocycles. The molecular formula is C13H19N3OS. The summed E-state index contributed by atoms with van der Waals surface area (Å²) < 4.78 is 5.65. The summed E-state index contributed by atoms with van der Waals surface area (Å²) in [5.74, 6) is 1.49. The van der Waals surface area contributed by atoms with E-state index in [1.807, 2.05) is 24.3 Å². The van der Waals surface area contributed by atoms with Gasteiger partial charge in [-0.3, -0.25) is 5.43 Å². The van der Waals surface area contributed by atoms with Crippen LogP contribution in [0.25, 0.3) is 0 Å². The van der Waals surface area contributed by atoms with Crippen LogP contribution in [0.5, 0.6) is 5.75 Å². The smallest absolute Gasteiger partial charge is 0.184 e. The van der Waals surface area contributed by atoms with Gasteiger partial charge in [0, 0.05) is 0 Å². The molecule has 0 bridgehead atoms. The highest BCUT2D eigenvalue weighted by Crippen LogP contribution is 2.13. The number of nitrogens with zero attached hydrogens (tertiary/aromatic N) is 1. The maximum atomic E-state index is 5.65. The zero-order valence-electron chi connectivity index (χ0n) is 10.7. The second-order valence-electron chi connectivity index (χ2n) is 4.34. The Labute approximate surface area is 113 Å². The van der Waals surface area contributed by atoms with Gasteiger partial charge >= 0.3 is 0 Å². The van der Waals surface area contributed by atoms with Crippen LogP contribution in [0.15, 0.2) is 29.4 Å². The number of hydrogen-bond acceptors (Lipinski definition) is 3. The maximum Gasteiger partial charge on any atom is 0.184 e. The van der Waals surface area contributed by atoms with E-state index in [1.165, 1.54) is 0 Å². The molecule has 0 unspecified atom stereocenters. The van der Waals surface area contributed by atoms with Crippen LogP contribution >= 0.6 is 12.2 Å². The van der Waals surface area contributed by atoms with Gasteiger partial charge in [-0.25, -0.2) is 0 Å². The van der Waals surface area contributed by atoms with Crippen molar-refractivity contribution in [1.29, 1.82) is 0 Å².